The summed E-state index contributed by atoms with van der Waals surface area (Å²) in [4.78, 5) is 4.18. The fourth-order valence-corrected chi connectivity index (χ4v) is 3.32. The van der Waals surface area contributed by atoms with Crippen molar-refractivity contribution in [3.63, 3.8) is 0 Å². The molecule has 102 valence electrons. The van der Waals surface area contributed by atoms with E-state index in [1.54, 1.807) is 0 Å². The first-order valence-electron chi connectivity index (χ1n) is 7.36. The molecule has 0 radical (unpaired) electrons. The quantitative estimate of drug-likeness (QED) is 0.777. The third-order valence-electron chi connectivity index (χ3n) is 3.72. The topological polar surface area (TPSA) is 15.3 Å². The van der Waals surface area contributed by atoms with E-state index in [-0.39, 0.29) is 0 Å². The van der Waals surface area contributed by atoms with Crippen molar-refractivity contribution in [2.45, 2.75) is 45.1 Å². The number of unbranched alkanes of at least 4 members (excludes halogenated alkanes) is 1. The van der Waals surface area contributed by atoms with Crippen LogP contribution in [0.3, 0.4) is 0 Å². The average molecular weight is 266 g/mol. The van der Waals surface area contributed by atoms with Crippen LogP contribution >= 0.6 is 11.3 Å². The molecule has 0 aromatic carbocycles. The number of nitrogens with one attached hydrogen (secondary N) is 1. The van der Waals surface area contributed by atoms with E-state index in [0.29, 0.717) is 0 Å². The van der Waals surface area contributed by atoms with Crippen LogP contribution in [0.25, 0.3) is 0 Å². The lowest BCUT2D eigenvalue weighted by Crippen LogP contribution is -2.39. The van der Waals surface area contributed by atoms with Crippen LogP contribution in [0.4, 0.5) is 0 Å². The normalized spacial score (nSPS) is 19.8. The van der Waals surface area contributed by atoms with Crippen molar-refractivity contribution in [3.8, 4) is 0 Å². The molecule has 0 amide bonds. The van der Waals surface area contributed by atoms with Crippen molar-refractivity contribution in [2.24, 2.45) is 0 Å². The summed E-state index contributed by atoms with van der Waals surface area (Å²) in [6.45, 7) is 7.23. The molecule has 1 fully saturated rings. The van der Waals surface area contributed by atoms with Gasteiger partial charge in [-0.3, -0.25) is 0 Å². The molecule has 1 unspecified atom stereocenters. The molecule has 0 bridgehead atoms. The van der Waals surface area contributed by atoms with Crippen LogP contribution in [0, 0.1) is 0 Å². The molecule has 1 N–H and O–H groups in total. The highest BCUT2D eigenvalue weighted by Crippen LogP contribution is 2.12. The molecule has 0 saturated carbocycles. The molecule has 1 atom stereocenters. The van der Waals surface area contributed by atoms with E-state index in [4.69, 9.17) is 0 Å². The van der Waals surface area contributed by atoms with E-state index in [9.17, 15) is 0 Å². The lowest BCUT2D eigenvalue weighted by Gasteiger charge is -2.25. The van der Waals surface area contributed by atoms with Gasteiger partial charge in [0.1, 0.15) is 0 Å². The van der Waals surface area contributed by atoms with Crippen molar-refractivity contribution < 1.29 is 0 Å². The molecule has 2 nitrogen and oxygen atoms in total. The molecule has 1 saturated heterocycles. The number of rotatable bonds is 8. The van der Waals surface area contributed by atoms with Gasteiger partial charge in [0, 0.05) is 24.0 Å². The molecule has 3 heteroatoms. The Kier molecular flexibility index (Phi) is 6.18. The Bertz CT molecular complexity index is 304. The smallest absolute Gasteiger partial charge is 0.0195 e. The van der Waals surface area contributed by atoms with E-state index in [0.717, 1.165) is 6.04 Å². The van der Waals surface area contributed by atoms with Crippen LogP contribution < -0.4 is 5.32 Å². The monoisotopic (exact) mass is 266 g/mol. The highest BCUT2D eigenvalue weighted by Gasteiger charge is 2.17. The Morgan fingerprint density at radius 3 is 3.06 bits per heavy atom. The Morgan fingerprint density at radius 2 is 2.39 bits per heavy atom. The lowest BCUT2D eigenvalue weighted by atomic mass is 10.2. The summed E-state index contributed by atoms with van der Waals surface area (Å²) in [6.07, 6.45) is 6.57. The highest BCUT2D eigenvalue weighted by molar-refractivity contribution is 7.09. The van der Waals surface area contributed by atoms with Crippen molar-refractivity contribution in [1.82, 2.24) is 10.2 Å². The van der Waals surface area contributed by atoms with E-state index in [1.807, 2.05) is 11.3 Å². The van der Waals surface area contributed by atoms with Crippen molar-refractivity contribution in [2.75, 3.05) is 26.2 Å². The number of thiophene rings is 1. The molecule has 1 aliphatic heterocycles. The Morgan fingerprint density at radius 1 is 1.44 bits per heavy atom. The van der Waals surface area contributed by atoms with Crippen LogP contribution in [-0.4, -0.2) is 37.1 Å². The second-order valence-corrected chi connectivity index (χ2v) is 6.31. The third kappa shape index (κ3) is 4.71. The van der Waals surface area contributed by atoms with Crippen LogP contribution in [0.2, 0.25) is 0 Å². The average Bonchev–Trinajstić information content (AvgIpc) is 3.05. The van der Waals surface area contributed by atoms with Crippen LogP contribution in [0.15, 0.2) is 17.5 Å². The maximum absolute atomic E-state index is 3.62. The molecule has 18 heavy (non-hydrogen) atoms. The molecule has 1 aromatic heterocycles. The summed E-state index contributed by atoms with van der Waals surface area (Å²) >= 11 is 1.89. The standard InChI is InChI=1S/C15H26N2S/c1-2-3-10-17(13-14-6-4-9-16-14)11-8-15-7-5-12-18-15/h5,7,12,14,16H,2-4,6,8-11,13H2,1H3. The SMILES string of the molecule is CCCCN(CCc1cccs1)CC1CCCN1. The minimum atomic E-state index is 0.741. The molecule has 2 heterocycles. The first-order chi connectivity index (χ1) is 8.88. The largest absolute Gasteiger partial charge is 0.313 e. The summed E-state index contributed by atoms with van der Waals surface area (Å²) in [7, 11) is 0. The second-order valence-electron chi connectivity index (χ2n) is 5.28. The first kappa shape index (κ1) is 14.0. The predicted molar refractivity (Wildman–Crippen MR) is 80.4 cm³/mol. The Balaban J connectivity index is 1.75. The van der Waals surface area contributed by atoms with Crippen molar-refractivity contribution in [3.05, 3.63) is 22.4 Å². The zero-order chi connectivity index (χ0) is 12.6. The van der Waals surface area contributed by atoms with Gasteiger partial charge < -0.3 is 10.2 Å². The van der Waals surface area contributed by atoms with Crippen molar-refractivity contribution in [1.29, 1.82) is 0 Å². The molecule has 0 spiro atoms. The summed E-state index contributed by atoms with van der Waals surface area (Å²) in [5.41, 5.74) is 0. The molecular formula is C15H26N2S. The van der Waals surface area contributed by atoms with Gasteiger partial charge in [0.05, 0.1) is 0 Å². The van der Waals surface area contributed by atoms with E-state index in [2.05, 4.69) is 34.7 Å². The summed E-state index contributed by atoms with van der Waals surface area (Å²) in [5.74, 6) is 0. The van der Waals surface area contributed by atoms with E-state index in [1.165, 1.54) is 63.2 Å². The maximum Gasteiger partial charge on any atom is 0.0195 e. The lowest BCUT2D eigenvalue weighted by molar-refractivity contribution is 0.249. The fourth-order valence-electron chi connectivity index (χ4n) is 2.62. The summed E-state index contributed by atoms with van der Waals surface area (Å²) in [6, 6.07) is 5.16. The maximum atomic E-state index is 3.62. The molecule has 1 aromatic rings. The number of hydrogen-bond donors (Lipinski definition) is 1. The van der Waals surface area contributed by atoms with Crippen LogP contribution in [-0.2, 0) is 6.42 Å². The zero-order valence-corrected chi connectivity index (χ0v) is 12.3. The van der Waals surface area contributed by atoms with Gasteiger partial charge in [-0.1, -0.05) is 19.4 Å². The van der Waals surface area contributed by atoms with Gasteiger partial charge in [-0.2, -0.15) is 0 Å². The van der Waals surface area contributed by atoms with Gasteiger partial charge in [0.25, 0.3) is 0 Å². The molecular weight excluding hydrogens is 240 g/mol. The van der Waals surface area contributed by atoms with Gasteiger partial charge in [-0.05, 0) is 50.2 Å². The van der Waals surface area contributed by atoms with Gasteiger partial charge >= 0.3 is 0 Å². The fraction of sp³-hybridized carbons (Fsp3) is 0.733. The number of nitrogens with zero attached hydrogens (tertiary/aromatic N) is 1. The Labute approximate surface area is 115 Å². The summed E-state index contributed by atoms with van der Waals surface area (Å²) < 4.78 is 0. The highest BCUT2D eigenvalue weighted by atomic mass is 32.1. The summed E-state index contributed by atoms with van der Waals surface area (Å²) in [5, 5.41) is 5.80. The second kappa shape index (κ2) is 7.93. The van der Waals surface area contributed by atoms with Gasteiger partial charge in [0.2, 0.25) is 0 Å². The van der Waals surface area contributed by atoms with E-state index >= 15 is 0 Å². The molecule has 0 aliphatic carbocycles. The van der Waals surface area contributed by atoms with Crippen LogP contribution in [0.1, 0.15) is 37.5 Å². The van der Waals surface area contributed by atoms with Gasteiger partial charge in [0.15, 0.2) is 0 Å². The van der Waals surface area contributed by atoms with Gasteiger partial charge in [-0.15, -0.1) is 11.3 Å². The number of hydrogen-bond acceptors (Lipinski definition) is 3. The van der Waals surface area contributed by atoms with Crippen molar-refractivity contribution >= 4 is 11.3 Å². The first-order valence-corrected chi connectivity index (χ1v) is 8.24. The Hall–Kier alpha value is -0.380. The minimum Gasteiger partial charge on any atom is -0.313 e. The van der Waals surface area contributed by atoms with E-state index < -0.39 is 0 Å². The van der Waals surface area contributed by atoms with Gasteiger partial charge in [-0.25, -0.2) is 0 Å². The molecule has 1 aliphatic rings. The zero-order valence-electron chi connectivity index (χ0n) is 11.5. The minimum absolute atomic E-state index is 0.741. The predicted octanol–water partition coefficient (Wildman–Crippen LogP) is 3.14. The molecule has 2 rings (SSSR count). The van der Waals surface area contributed by atoms with Crippen LogP contribution in [0.5, 0.6) is 0 Å². The third-order valence-corrected chi connectivity index (χ3v) is 4.66.